The summed E-state index contributed by atoms with van der Waals surface area (Å²) < 4.78 is 0. The zero-order valence-corrected chi connectivity index (χ0v) is 16.9. The number of para-hydroxylation sites is 2. The minimum atomic E-state index is -0.0687. The van der Waals surface area contributed by atoms with Gasteiger partial charge >= 0.3 is 0 Å². The number of benzene rings is 2. The van der Waals surface area contributed by atoms with E-state index in [1.165, 1.54) is 42.8 Å². The Morgan fingerprint density at radius 2 is 1.62 bits per heavy atom. The number of rotatable bonds is 4. The summed E-state index contributed by atoms with van der Waals surface area (Å²) in [5, 5.41) is 2.44. The topological polar surface area (TPSA) is 39.3 Å². The molecule has 3 N–H and O–H groups in total. The molecule has 1 fully saturated rings. The van der Waals surface area contributed by atoms with Gasteiger partial charge < -0.3 is 16.3 Å². The minimum absolute atomic E-state index is 0.0687. The Labute approximate surface area is 173 Å². The molecule has 0 amide bonds. The fraction of sp³-hybridized carbons (Fsp3) is 0.360. The van der Waals surface area contributed by atoms with Crippen molar-refractivity contribution >= 4 is 11.4 Å². The van der Waals surface area contributed by atoms with E-state index in [9.17, 15) is 0 Å². The van der Waals surface area contributed by atoms with Crippen molar-refractivity contribution in [2.24, 2.45) is 5.92 Å². The van der Waals surface area contributed by atoms with Crippen LogP contribution in [0, 0.1) is 5.92 Å². The highest BCUT2D eigenvalue weighted by Crippen LogP contribution is 2.46. The number of hydrogen-bond acceptors (Lipinski definition) is 4. The van der Waals surface area contributed by atoms with E-state index >= 15 is 0 Å². The highest BCUT2D eigenvalue weighted by Gasteiger charge is 2.48. The van der Waals surface area contributed by atoms with E-state index in [-0.39, 0.29) is 5.54 Å². The third-order valence-corrected chi connectivity index (χ3v) is 6.59. The lowest BCUT2D eigenvalue weighted by atomic mass is 9.72. The van der Waals surface area contributed by atoms with E-state index in [0.29, 0.717) is 5.92 Å². The molecular weight excluding hydrogens is 356 g/mol. The van der Waals surface area contributed by atoms with Crippen molar-refractivity contribution in [2.45, 2.75) is 50.5 Å². The van der Waals surface area contributed by atoms with E-state index in [0.717, 1.165) is 24.9 Å². The van der Waals surface area contributed by atoms with Crippen LogP contribution in [0.4, 0.5) is 11.4 Å². The zero-order chi connectivity index (χ0) is 19.5. The van der Waals surface area contributed by atoms with Gasteiger partial charge in [-0.05, 0) is 69.2 Å². The highest BCUT2D eigenvalue weighted by atomic mass is 15.6. The molecule has 0 radical (unpaired) electrons. The largest absolute Gasteiger partial charge is 0.303 e. The van der Waals surface area contributed by atoms with Crippen LogP contribution in [0.25, 0.3) is 0 Å². The Balaban J connectivity index is 1.50. The molecule has 1 spiro atoms. The smallest absolute Gasteiger partial charge is 0.103 e. The van der Waals surface area contributed by atoms with E-state index in [4.69, 9.17) is 0 Å². The normalized spacial score (nSPS) is 26.1. The Hall–Kier alpha value is -2.88. The van der Waals surface area contributed by atoms with Gasteiger partial charge in [-0.3, -0.25) is 5.01 Å². The molecule has 4 heteroatoms. The number of hydrogen-bond donors (Lipinski definition) is 3. The molecule has 5 rings (SSSR count). The standard InChI is InChI=1S/C25H30N4/c1-3-12-21(13-4-1)26-27-24-17-9-10-18-25(24)19-20-11-7-8-16-23(20)28-29(25)22-14-5-2-6-15-22/h1-6,12-17,20,26-28H,7-11,18-19H2/t20-,25+/m1/s1. The number of nitrogens with one attached hydrogen (secondary N) is 3. The van der Waals surface area contributed by atoms with Crippen LogP contribution >= 0.6 is 0 Å². The van der Waals surface area contributed by atoms with Gasteiger partial charge in [-0.25, -0.2) is 0 Å². The summed E-state index contributed by atoms with van der Waals surface area (Å²) in [6.07, 6.45) is 13.2. The SMILES string of the molecule is C1=C2NN(c3ccccc3)[C@@]3(CCCC=C3NNc3ccccc3)C[C@H]2CCC1. The molecule has 1 aliphatic heterocycles. The molecule has 0 bridgehead atoms. The average molecular weight is 387 g/mol. The first-order valence-corrected chi connectivity index (χ1v) is 10.9. The first kappa shape index (κ1) is 18.2. The molecule has 3 aliphatic rings. The monoisotopic (exact) mass is 386 g/mol. The second kappa shape index (κ2) is 7.86. The predicted octanol–water partition coefficient (Wildman–Crippen LogP) is 5.51. The van der Waals surface area contributed by atoms with E-state index in [1.807, 2.05) is 6.07 Å². The third-order valence-electron chi connectivity index (χ3n) is 6.59. The van der Waals surface area contributed by atoms with Crippen molar-refractivity contribution in [1.29, 1.82) is 0 Å². The molecule has 29 heavy (non-hydrogen) atoms. The van der Waals surface area contributed by atoms with Crippen LogP contribution in [0.5, 0.6) is 0 Å². The number of hydrazine groups is 2. The molecule has 150 valence electrons. The van der Waals surface area contributed by atoms with Crippen molar-refractivity contribution in [3.8, 4) is 0 Å². The minimum Gasteiger partial charge on any atom is -0.303 e. The fourth-order valence-corrected chi connectivity index (χ4v) is 5.15. The Morgan fingerprint density at radius 3 is 2.45 bits per heavy atom. The quantitative estimate of drug-likeness (QED) is 0.606. The predicted molar refractivity (Wildman–Crippen MR) is 120 cm³/mol. The van der Waals surface area contributed by atoms with Gasteiger partial charge in [0.05, 0.1) is 17.1 Å². The summed E-state index contributed by atoms with van der Waals surface area (Å²) in [6.45, 7) is 0. The number of allylic oxidation sites excluding steroid dienone is 3. The number of anilines is 2. The molecule has 4 nitrogen and oxygen atoms in total. The Kier molecular flexibility index (Phi) is 4.92. The van der Waals surface area contributed by atoms with Crippen molar-refractivity contribution in [2.75, 3.05) is 10.4 Å². The Morgan fingerprint density at radius 1 is 0.862 bits per heavy atom. The Bertz CT molecular complexity index is 890. The van der Waals surface area contributed by atoms with Gasteiger partial charge in [0.1, 0.15) is 5.54 Å². The van der Waals surface area contributed by atoms with Crippen molar-refractivity contribution in [3.63, 3.8) is 0 Å². The lowest BCUT2D eigenvalue weighted by Crippen LogP contribution is -2.65. The van der Waals surface area contributed by atoms with Crippen LogP contribution in [0.1, 0.15) is 44.9 Å². The molecule has 2 aromatic carbocycles. The van der Waals surface area contributed by atoms with Crippen LogP contribution in [0.3, 0.4) is 0 Å². The van der Waals surface area contributed by atoms with Gasteiger partial charge in [0.25, 0.3) is 0 Å². The molecule has 1 heterocycles. The molecule has 0 unspecified atom stereocenters. The zero-order valence-electron chi connectivity index (χ0n) is 16.9. The van der Waals surface area contributed by atoms with Gasteiger partial charge in [-0.15, -0.1) is 0 Å². The summed E-state index contributed by atoms with van der Waals surface area (Å²) >= 11 is 0. The molecule has 2 aliphatic carbocycles. The maximum Gasteiger partial charge on any atom is 0.103 e. The van der Waals surface area contributed by atoms with Gasteiger partial charge in [0, 0.05) is 11.6 Å². The maximum atomic E-state index is 3.85. The third kappa shape index (κ3) is 3.48. The van der Waals surface area contributed by atoms with Crippen LogP contribution < -0.4 is 21.3 Å². The molecule has 2 aromatic rings. The van der Waals surface area contributed by atoms with Crippen LogP contribution in [-0.4, -0.2) is 5.54 Å². The number of fused-ring (bicyclic) bond motifs is 1. The molecular formula is C25H30N4. The molecule has 0 aromatic heterocycles. The van der Waals surface area contributed by atoms with Crippen LogP contribution in [-0.2, 0) is 0 Å². The van der Waals surface area contributed by atoms with Gasteiger partial charge in [-0.1, -0.05) is 48.6 Å². The summed E-state index contributed by atoms with van der Waals surface area (Å²) in [5.74, 6) is 0.615. The molecule has 2 atom stereocenters. The van der Waals surface area contributed by atoms with E-state index in [2.05, 4.69) is 88.0 Å². The van der Waals surface area contributed by atoms with E-state index < -0.39 is 0 Å². The van der Waals surface area contributed by atoms with Crippen molar-refractivity contribution in [1.82, 2.24) is 10.9 Å². The lowest BCUT2D eigenvalue weighted by Gasteiger charge is -2.55. The maximum absolute atomic E-state index is 3.85. The summed E-state index contributed by atoms with van der Waals surface area (Å²) in [6, 6.07) is 21.2. The van der Waals surface area contributed by atoms with Crippen LogP contribution in [0.15, 0.2) is 84.2 Å². The van der Waals surface area contributed by atoms with Gasteiger partial charge in [-0.2, -0.15) is 0 Å². The summed E-state index contributed by atoms with van der Waals surface area (Å²) in [4.78, 5) is 0. The summed E-state index contributed by atoms with van der Waals surface area (Å²) in [5.41, 5.74) is 15.8. The van der Waals surface area contributed by atoms with Crippen molar-refractivity contribution in [3.05, 3.63) is 84.2 Å². The summed E-state index contributed by atoms with van der Waals surface area (Å²) in [7, 11) is 0. The second-order valence-electron chi connectivity index (χ2n) is 8.43. The van der Waals surface area contributed by atoms with E-state index in [1.54, 1.807) is 0 Å². The molecule has 1 saturated heterocycles. The average Bonchev–Trinajstić information content (AvgIpc) is 2.79. The van der Waals surface area contributed by atoms with Gasteiger partial charge in [0.2, 0.25) is 0 Å². The first-order chi connectivity index (χ1) is 14.4. The number of nitrogens with zero attached hydrogens (tertiary/aromatic N) is 1. The lowest BCUT2D eigenvalue weighted by molar-refractivity contribution is 0.233. The molecule has 0 saturated carbocycles. The van der Waals surface area contributed by atoms with Gasteiger partial charge in [0.15, 0.2) is 0 Å². The van der Waals surface area contributed by atoms with Crippen molar-refractivity contribution < 1.29 is 0 Å². The first-order valence-electron chi connectivity index (χ1n) is 10.9. The van der Waals surface area contributed by atoms with Crippen LogP contribution in [0.2, 0.25) is 0 Å². The highest BCUT2D eigenvalue weighted by molar-refractivity contribution is 5.54. The fourth-order valence-electron chi connectivity index (χ4n) is 5.15. The second-order valence-corrected chi connectivity index (χ2v) is 8.43.